The molecule has 2 heterocycles. The maximum absolute atomic E-state index is 5.37. The zero-order valence-electron chi connectivity index (χ0n) is 6.82. The van der Waals surface area contributed by atoms with Crippen LogP contribution in [0.2, 0.25) is 0 Å². The molecule has 0 saturated carbocycles. The molecule has 0 radical (unpaired) electrons. The van der Waals surface area contributed by atoms with E-state index in [2.05, 4.69) is 9.97 Å². The molecule has 1 atom stereocenters. The highest BCUT2D eigenvalue weighted by molar-refractivity contribution is 7.99. The highest BCUT2D eigenvalue weighted by atomic mass is 32.2. The molecule has 4 heteroatoms. The van der Waals surface area contributed by atoms with E-state index in [0.717, 1.165) is 18.4 Å². The van der Waals surface area contributed by atoms with Crippen molar-refractivity contribution in [1.82, 2.24) is 9.97 Å². The zero-order chi connectivity index (χ0) is 8.23. The second-order valence-electron chi connectivity index (χ2n) is 2.85. The fourth-order valence-electron chi connectivity index (χ4n) is 1.28. The molecule has 1 saturated heterocycles. The first kappa shape index (κ1) is 8.13. The van der Waals surface area contributed by atoms with Crippen molar-refractivity contribution in [2.45, 2.75) is 23.2 Å². The minimum absolute atomic E-state index is 0.588. The number of hydrogen-bond acceptors (Lipinski definition) is 3. The van der Waals surface area contributed by atoms with Gasteiger partial charge in [-0.1, -0.05) is 11.8 Å². The Balaban J connectivity index is 1.86. The summed E-state index contributed by atoms with van der Waals surface area (Å²) in [4.78, 5) is 7.24. The monoisotopic (exact) mass is 184 g/mol. The number of aromatic nitrogens is 2. The van der Waals surface area contributed by atoms with Crippen LogP contribution in [0.3, 0.4) is 0 Å². The van der Waals surface area contributed by atoms with E-state index < -0.39 is 0 Å². The Morgan fingerprint density at radius 2 is 2.67 bits per heavy atom. The van der Waals surface area contributed by atoms with Crippen LogP contribution in [0, 0.1) is 0 Å². The van der Waals surface area contributed by atoms with Gasteiger partial charge in [0, 0.05) is 24.3 Å². The molecule has 0 aromatic carbocycles. The third-order valence-electron chi connectivity index (χ3n) is 1.87. The van der Waals surface area contributed by atoms with Gasteiger partial charge in [-0.15, -0.1) is 0 Å². The molecule has 12 heavy (non-hydrogen) atoms. The first-order valence-electron chi connectivity index (χ1n) is 4.19. The molecular formula is C8H12N2OS. The Hall–Kier alpha value is -0.480. The fourth-order valence-corrected chi connectivity index (χ4v) is 2.30. The third-order valence-corrected chi connectivity index (χ3v) is 3.02. The summed E-state index contributed by atoms with van der Waals surface area (Å²) in [5.74, 6) is 0. The minimum Gasteiger partial charge on any atom is -0.380 e. The molecule has 0 bridgehead atoms. The summed E-state index contributed by atoms with van der Waals surface area (Å²) >= 11 is 1.78. The predicted octanol–water partition coefficient (Wildman–Crippen LogP) is 1.68. The van der Waals surface area contributed by atoms with Crippen molar-refractivity contribution >= 4 is 11.8 Å². The largest absolute Gasteiger partial charge is 0.380 e. The van der Waals surface area contributed by atoms with Gasteiger partial charge in [-0.25, -0.2) is 4.98 Å². The molecule has 66 valence electrons. The minimum atomic E-state index is 0.588. The van der Waals surface area contributed by atoms with Gasteiger partial charge in [-0.2, -0.15) is 0 Å². The maximum atomic E-state index is 5.37. The number of nitrogens with zero attached hydrogens (tertiary/aromatic N) is 1. The van der Waals surface area contributed by atoms with Gasteiger partial charge in [-0.05, 0) is 12.8 Å². The van der Waals surface area contributed by atoms with Crippen molar-refractivity contribution in [1.29, 1.82) is 0 Å². The Bertz CT molecular complexity index is 219. The van der Waals surface area contributed by atoms with Crippen LogP contribution in [0.4, 0.5) is 0 Å². The molecule has 1 unspecified atom stereocenters. The van der Waals surface area contributed by atoms with E-state index in [0.29, 0.717) is 5.25 Å². The van der Waals surface area contributed by atoms with Gasteiger partial charge >= 0.3 is 0 Å². The summed E-state index contributed by atoms with van der Waals surface area (Å²) in [6.07, 6.45) is 6.06. The first-order chi connectivity index (χ1) is 5.95. The Labute approximate surface area is 75.9 Å². The van der Waals surface area contributed by atoms with E-state index in [-0.39, 0.29) is 0 Å². The Kier molecular flexibility index (Phi) is 2.68. The molecule has 0 aliphatic carbocycles. The topological polar surface area (TPSA) is 37.9 Å². The summed E-state index contributed by atoms with van der Waals surface area (Å²) in [6.45, 7) is 1.79. The predicted molar refractivity (Wildman–Crippen MR) is 48.3 cm³/mol. The Morgan fingerprint density at radius 3 is 3.33 bits per heavy atom. The molecule has 3 nitrogen and oxygen atoms in total. The van der Waals surface area contributed by atoms with Gasteiger partial charge < -0.3 is 9.72 Å². The van der Waals surface area contributed by atoms with E-state index >= 15 is 0 Å². The summed E-state index contributed by atoms with van der Waals surface area (Å²) in [5.41, 5.74) is 0. The normalized spacial score (nSPS) is 24.2. The van der Waals surface area contributed by atoms with E-state index in [1.807, 2.05) is 6.20 Å². The van der Waals surface area contributed by atoms with Crippen LogP contribution in [-0.4, -0.2) is 28.4 Å². The molecule has 1 aromatic rings. The molecule has 1 fully saturated rings. The highest BCUT2D eigenvalue weighted by Crippen LogP contribution is 2.25. The number of aromatic amines is 1. The van der Waals surface area contributed by atoms with Gasteiger partial charge in [0.2, 0.25) is 0 Å². The van der Waals surface area contributed by atoms with Crippen LogP contribution in [0.25, 0.3) is 0 Å². The number of nitrogens with one attached hydrogen (secondary N) is 1. The average Bonchev–Trinajstić information content (AvgIpc) is 2.59. The molecule has 1 aromatic heterocycles. The van der Waals surface area contributed by atoms with Crippen LogP contribution in [0.15, 0.2) is 17.6 Å². The van der Waals surface area contributed by atoms with Gasteiger partial charge in [0.1, 0.15) is 0 Å². The van der Waals surface area contributed by atoms with E-state index in [1.54, 1.807) is 18.0 Å². The van der Waals surface area contributed by atoms with Gasteiger partial charge in [-0.3, -0.25) is 0 Å². The van der Waals surface area contributed by atoms with Gasteiger partial charge in [0.05, 0.1) is 6.61 Å². The Morgan fingerprint density at radius 1 is 1.67 bits per heavy atom. The zero-order valence-corrected chi connectivity index (χ0v) is 7.64. The van der Waals surface area contributed by atoms with Gasteiger partial charge in [0.25, 0.3) is 0 Å². The number of rotatable bonds is 2. The van der Waals surface area contributed by atoms with E-state index in [4.69, 9.17) is 4.74 Å². The number of H-pyrrole nitrogens is 1. The summed E-state index contributed by atoms with van der Waals surface area (Å²) in [5, 5.41) is 1.59. The van der Waals surface area contributed by atoms with Crippen molar-refractivity contribution < 1.29 is 4.74 Å². The lowest BCUT2D eigenvalue weighted by Crippen LogP contribution is -2.19. The number of ether oxygens (including phenoxy) is 1. The maximum Gasteiger partial charge on any atom is 0.165 e. The third kappa shape index (κ3) is 2.01. The lowest BCUT2D eigenvalue weighted by atomic mass is 10.2. The second kappa shape index (κ2) is 3.96. The van der Waals surface area contributed by atoms with Crippen LogP contribution in [0.5, 0.6) is 0 Å². The van der Waals surface area contributed by atoms with E-state index in [1.165, 1.54) is 12.8 Å². The summed E-state index contributed by atoms with van der Waals surface area (Å²) in [7, 11) is 0. The van der Waals surface area contributed by atoms with Crippen molar-refractivity contribution in [3.8, 4) is 0 Å². The summed E-state index contributed by atoms with van der Waals surface area (Å²) < 4.78 is 5.37. The van der Waals surface area contributed by atoms with Gasteiger partial charge in [0.15, 0.2) is 5.16 Å². The first-order valence-corrected chi connectivity index (χ1v) is 5.07. The quantitative estimate of drug-likeness (QED) is 0.760. The molecule has 1 aliphatic heterocycles. The van der Waals surface area contributed by atoms with Crippen LogP contribution < -0.4 is 0 Å². The highest BCUT2D eigenvalue weighted by Gasteiger charge is 2.15. The standard InChI is InChI=1S/C8H12N2OS/c1-2-7(6-11-5-1)12-8-9-3-4-10-8/h3-4,7H,1-2,5-6H2,(H,9,10). The number of hydrogen-bond donors (Lipinski definition) is 1. The second-order valence-corrected chi connectivity index (χ2v) is 4.14. The lowest BCUT2D eigenvalue weighted by molar-refractivity contribution is 0.101. The molecule has 1 aliphatic rings. The van der Waals surface area contributed by atoms with Crippen molar-refractivity contribution in [3.63, 3.8) is 0 Å². The molecule has 1 N–H and O–H groups in total. The van der Waals surface area contributed by atoms with Crippen LogP contribution >= 0.6 is 11.8 Å². The number of thioether (sulfide) groups is 1. The lowest BCUT2D eigenvalue weighted by Gasteiger charge is -2.20. The van der Waals surface area contributed by atoms with Crippen LogP contribution in [-0.2, 0) is 4.74 Å². The molecule has 2 rings (SSSR count). The average molecular weight is 184 g/mol. The van der Waals surface area contributed by atoms with E-state index in [9.17, 15) is 0 Å². The molecule has 0 spiro atoms. The van der Waals surface area contributed by atoms with Crippen molar-refractivity contribution in [2.24, 2.45) is 0 Å². The SMILES string of the molecule is c1c[nH]c(SC2CCCOC2)n1. The molecular weight excluding hydrogens is 172 g/mol. The van der Waals surface area contributed by atoms with Crippen molar-refractivity contribution in [2.75, 3.05) is 13.2 Å². The van der Waals surface area contributed by atoms with Crippen LogP contribution in [0.1, 0.15) is 12.8 Å². The molecule has 0 amide bonds. The van der Waals surface area contributed by atoms with Crippen molar-refractivity contribution in [3.05, 3.63) is 12.4 Å². The summed E-state index contributed by atoms with van der Waals surface area (Å²) in [6, 6.07) is 0. The smallest absolute Gasteiger partial charge is 0.165 e. The number of imidazole rings is 1. The fraction of sp³-hybridized carbons (Fsp3) is 0.625.